The van der Waals surface area contributed by atoms with Crippen LogP contribution in [0.2, 0.25) is 0 Å². The Morgan fingerprint density at radius 1 is 1.30 bits per heavy atom. The molecule has 2 aliphatic heterocycles. The molecule has 112 valence electrons. The van der Waals surface area contributed by atoms with Crippen LogP contribution in [0.25, 0.3) is 0 Å². The van der Waals surface area contributed by atoms with Gasteiger partial charge in [0, 0.05) is 37.4 Å². The number of hydrogen-bond donors (Lipinski definition) is 0. The predicted molar refractivity (Wildman–Crippen MR) is 82.1 cm³/mol. The van der Waals surface area contributed by atoms with Gasteiger partial charge in [0.2, 0.25) is 0 Å². The van der Waals surface area contributed by atoms with E-state index in [-0.39, 0.29) is 0 Å². The number of nitrogens with zero attached hydrogens (tertiary/aromatic N) is 1. The Balaban J connectivity index is 1.57. The van der Waals surface area contributed by atoms with Gasteiger partial charge in [0.15, 0.2) is 0 Å². The Labute approximate surface area is 125 Å². The van der Waals surface area contributed by atoms with Crippen LogP contribution in [0, 0.1) is 0 Å². The minimum Gasteiger partial charge on any atom is -0.606 e. The molecule has 6 heteroatoms. The van der Waals surface area contributed by atoms with Gasteiger partial charge in [0.05, 0.1) is 18.1 Å². The molecule has 4 nitrogen and oxygen atoms in total. The van der Waals surface area contributed by atoms with Crippen LogP contribution >= 0.6 is 11.8 Å². The largest absolute Gasteiger partial charge is 0.606 e. The summed E-state index contributed by atoms with van der Waals surface area (Å²) in [5.41, 5.74) is 1.11. The lowest BCUT2D eigenvalue weighted by molar-refractivity contribution is 0.0410. The van der Waals surface area contributed by atoms with Gasteiger partial charge < -0.3 is 9.29 Å². The van der Waals surface area contributed by atoms with Crippen molar-refractivity contribution in [2.75, 3.05) is 38.6 Å². The maximum absolute atomic E-state index is 12.1. The van der Waals surface area contributed by atoms with Crippen molar-refractivity contribution in [1.82, 2.24) is 4.90 Å². The molecule has 3 aliphatic rings. The lowest BCUT2D eigenvalue weighted by Gasteiger charge is -2.26. The van der Waals surface area contributed by atoms with Gasteiger partial charge >= 0.3 is 0 Å². The third-order valence-electron chi connectivity index (χ3n) is 4.09. The molecule has 0 bridgehead atoms. The van der Waals surface area contributed by atoms with E-state index >= 15 is 0 Å². The second kappa shape index (κ2) is 6.32. The topological polar surface area (TPSA) is 52.6 Å². The first-order valence-corrected chi connectivity index (χ1v) is 9.82. The quantitative estimate of drug-likeness (QED) is 0.746. The van der Waals surface area contributed by atoms with Crippen LogP contribution in [0.5, 0.6) is 0 Å². The summed E-state index contributed by atoms with van der Waals surface area (Å²) in [6.45, 7) is 4.62. The van der Waals surface area contributed by atoms with Crippen molar-refractivity contribution in [2.24, 2.45) is 0 Å². The van der Waals surface area contributed by atoms with Crippen LogP contribution in [-0.2, 0) is 19.2 Å². The van der Waals surface area contributed by atoms with Gasteiger partial charge in [-0.2, -0.15) is 0 Å². The summed E-state index contributed by atoms with van der Waals surface area (Å²) < 4.78 is 29.5. The van der Waals surface area contributed by atoms with Gasteiger partial charge in [-0.05, 0) is 19.3 Å². The van der Waals surface area contributed by atoms with Crippen molar-refractivity contribution in [3.05, 3.63) is 20.8 Å². The fraction of sp³-hybridized carbons (Fsp3) is 0.714. The Morgan fingerprint density at radius 2 is 2.05 bits per heavy atom. The Bertz CT molecular complexity index is 481. The molecule has 3 rings (SSSR count). The number of ether oxygens (including phenoxy) is 1. The van der Waals surface area contributed by atoms with E-state index in [2.05, 4.69) is 4.90 Å². The smallest absolute Gasteiger partial charge is 0.142 e. The summed E-state index contributed by atoms with van der Waals surface area (Å²) in [4.78, 5) is 4.10. The molecular weight excluding hydrogens is 294 g/mol. The standard InChI is InChI=1S/C14H21NO3S2/c16-20(17)11-13(12-3-1-2-4-14(12)20)19-10-7-15-5-8-18-9-6-15/h11H,1-10H2. The van der Waals surface area contributed by atoms with E-state index < -0.39 is 10.2 Å². The summed E-state index contributed by atoms with van der Waals surface area (Å²) in [6.07, 6.45) is 3.81. The van der Waals surface area contributed by atoms with Crippen molar-refractivity contribution < 1.29 is 13.5 Å². The molecule has 1 saturated heterocycles. The maximum Gasteiger partial charge on any atom is 0.142 e. The second-order valence-electron chi connectivity index (χ2n) is 5.44. The number of rotatable bonds is 4. The van der Waals surface area contributed by atoms with Crippen molar-refractivity contribution in [3.63, 3.8) is 0 Å². The van der Waals surface area contributed by atoms with E-state index in [9.17, 15) is 8.76 Å². The van der Waals surface area contributed by atoms with E-state index in [0.717, 1.165) is 74.8 Å². The normalized spacial score (nSPS) is 31.4. The highest BCUT2D eigenvalue weighted by molar-refractivity contribution is 8.08. The highest BCUT2D eigenvalue weighted by atomic mass is 32.3. The summed E-state index contributed by atoms with van der Waals surface area (Å²) in [7, 11) is -3.09. The van der Waals surface area contributed by atoms with Crippen molar-refractivity contribution in [2.45, 2.75) is 25.7 Å². The fourth-order valence-corrected chi connectivity index (χ4v) is 6.20. The molecule has 0 amide bonds. The first kappa shape index (κ1) is 14.8. The zero-order chi connectivity index (χ0) is 14.0. The molecule has 0 aromatic heterocycles. The number of morpholine rings is 1. The maximum atomic E-state index is 12.1. The highest BCUT2D eigenvalue weighted by Gasteiger charge is 2.36. The molecule has 2 heterocycles. The second-order valence-corrected chi connectivity index (χ2v) is 8.39. The molecule has 0 spiro atoms. The van der Waals surface area contributed by atoms with Crippen LogP contribution < -0.4 is 0 Å². The first-order valence-electron chi connectivity index (χ1n) is 7.29. The van der Waals surface area contributed by atoms with E-state index in [1.165, 1.54) is 5.41 Å². The van der Waals surface area contributed by atoms with Crippen molar-refractivity contribution >= 4 is 22.0 Å². The zero-order valence-corrected chi connectivity index (χ0v) is 13.3. The van der Waals surface area contributed by atoms with Crippen LogP contribution in [0.3, 0.4) is 0 Å². The van der Waals surface area contributed by atoms with Gasteiger partial charge in [-0.1, -0.05) is 4.21 Å². The van der Waals surface area contributed by atoms with Crippen LogP contribution in [-0.4, -0.2) is 48.1 Å². The monoisotopic (exact) mass is 315 g/mol. The molecule has 0 radical (unpaired) electrons. The average molecular weight is 315 g/mol. The van der Waals surface area contributed by atoms with Crippen LogP contribution in [0.15, 0.2) is 20.8 Å². The molecular formula is C14H21NO3S2. The zero-order valence-electron chi connectivity index (χ0n) is 11.6. The van der Waals surface area contributed by atoms with E-state index in [4.69, 9.17) is 4.74 Å². The van der Waals surface area contributed by atoms with Crippen LogP contribution in [0.1, 0.15) is 25.7 Å². The Hall–Kier alpha value is -0.140. The Morgan fingerprint density at radius 3 is 2.85 bits per heavy atom. The Kier molecular flexibility index (Phi) is 4.67. The third kappa shape index (κ3) is 3.20. The number of allylic oxidation sites excluding steroid dienone is 2. The molecule has 0 aromatic carbocycles. The molecule has 0 N–H and O–H groups in total. The molecule has 1 unspecified atom stereocenters. The molecule has 0 saturated carbocycles. The number of thioether (sulfide) groups is 1. The fourth-order valence-electron chi connectivity index (χ4n) is 2.97. The van der Waals surface area contributed by atoms with Crippen molar-refractivity contribution in [3.8, 4) is 0 Å². The lowest BCUT2D eigenvalue weighted by atomic mass is 9.99. The third-order valence-corrected chi connectivity index (χ3v) is 6.98. The van der Waals surface area contributed by atoms with Crippen LogP contribution in [0.4, 0.5) is 0 Å². The predicted octanol–water partition coefficient (Wildman–Crippen LogP) is 2.36. The summed E-state index contributed by atoms with van der Waals surface area (Å²) in [5.74, 6) is 0.956. The molecule has 1 aliphatic carbocycles. The lowest BCUT2D eigenvalue weighted by Crippen LogP contribution is -2.37. The minimum absolute atomic E-state index is 0.706. The number of sulfone groups is 1. The summed E-state index contributed by atoms with van der Waals surface area (Å²) in [5, 5.41) is 1.51. The SMILES string of the molecule is O=[S+]1([O-])C=C(SCCN2CCOCC2)C2=C1CCCC2. The summed E-state index contributed by atoms with van der Waals surface area (Å²) in [6, 6.07) is 0. The van der Waals surface area contributed by atoms with E-state index in [1.807, 2.05) is 0 Å². The number of hydrogen-bond acceptors (Lipinski definition) is 5. The highest BCUT2D eigenvalue weighted by Crippen LogP contribution is 2.45. The van der Waals surface area contributed by atoms with Gasteiger partial charge in [0.1, 0.15) is 20.5 Å². The molecule has 0 aromatic rings. The molecule has 1 fully saturated rings. The average Bonchev–Trinajstić information content (AvgIpc) is 2.72. The molecule has 20 heavy (non-hydrogen) atoms. The van der Waals surface area contributed by atoms with Gasteiger partial charge in [0.25, 0.3) is 0 Å². The van der Waals surface area contributed by atoms with E-state index in [1.54, 1.807) is 11.8 Å². The van der Waals surface area contributed by atoms with E-state index in [0.29, 0.717) is 4.91 Å². The van der Waals surface area contributed by atoms with Gasteiger partial charge in [-0.15, -0.1) is 11.8 Å². The minimum atomic E-state index is -3.09. The summed E-state index contributed by atoms with van der Waals surface area (Å²) >= 11 is 1.71. The molecule has 1 atom stereocenters. The van der Waals surface area contributed by atoms with Gasteiger partial charge in [-0.25, -0.2) is 0 Å². The van der Waals surface area contributed by atoms with Crippen molar-refractivity contribution in [1.29, 1.82) is 0 Å². The van der Waals surface area contributed by atoms with Gasteiger partial charge in [-0.3, -0.25) is 4.90 Å². The first-order chi connectivity index (χ1) is 9.67.